The van der Waals surface area contributed by atoms with Crippen molar-refractivity contribution in [3.8, 4) is 10.6 Å². The lowest BCUT2D eigenvalue weighted by atomic mass is 10.2. The summed E-state index contributed by atoms with van der Waals surface area (Å²) in [5.74, 6) is -0.160. The van der Waals surface area contributed by atoms with Crippen molar-refractivity contribution in [3.05, 3.63) is 53.4 Å². The van der Waals surface area contributed by atoms with Gasteiger partial charge < -0.3 is 10.6 Å². The van der Waals surface area contributed by atoms with E-state index in [9.17, 15) is 18.0 Å². The largest absolute Gasteiger partial charge is 0.322 e. The van der Waals surface area contributed by atoms with E-state index in [0.717, 1.165) is 9.18 Å². The number of thiophene rings is 1. The highest BCUT2D eigenvalue weighted by Gasteiger charge is 2.27. The molecule has 4 rings (SSSR count). The van der Waals surface area contributed by atoms with Gasteiger partial charge in [0.05, 0.1) is 9.77 Å². The molecule has 0 radical (unpaired) electrons. The molecular weight excluding hydrogens is 464 g/mol. The van der Waals surface area contributed by atoms with Gasteiger partial charge in [0.25, 0.3) is 5.91 Å². The molecule has 0 spiro atoms. The van der Waals surface area contributed by atoms with E-state index >= 15 is 0 Å². The number of nitrogens with one attached hydrogen (secondary N) is 3. The molecule has 2 atom stereocenters. The number of sulfonamides is 1. The predicted molar refractivity (Wildman–Crippen MR) is 125 cm³/mol. The molecule has 12 heteroatoms. The summed E-state index contributed by atoms with van der Waals surface area (Å²) >= 11 is 1.51. The van der Waals surface area contributed by atoms with Crippen molar-refractivity contribution < 1.29 is 18.0 Å². The van der Waals surface area contributed by atoms with E-state index in [0.29, 0.717) is 17.9 Å². The number of nitrogens with zero attached hydrogens (tertiary/aromatic N) is 3. The molecule has 1 aliphatic rings. The number of hydrogen-bond acceptors (Lipinski definition) is 7. The Labute approximate surface area is 195 Å². The van der Waals surface area contributed by atoms with Crippen LogP contribution in [0, 0.1) is 0 Å². The van der Waals surface area contributed by atoms with Gasteiger partial charge in [-0.2, -0.15) is 5.10 Å². The van der Waals surface area contributed by atoms with E-state index in [4.69, 9.17) is 0 Å². The molecule has 0 aliphatic carbocycles. The maximum atomic E-state index is 13.0. The Morgan fingerprint density at radius 3 is 2.58 bits per heavy atom. The van der Waals surface area contributed by atoms with Crippen molar-refractivity contribution >= 4 is 39.0 Å². The van der Waals surface area contributed by atoms with Crippen molar-refractivity contribution in [1.82, 2.24) is 24.7 Å². The Morgan fingerprint density at radius 1 is 1.24 bits per heavy atom. The Hall–Kier alpha value is -3.06. The van der Waals surface area contributed by atoms with Gasteiger partial charge in [-0.05, 0) is 42.6 Å². The SMILES string of the molecule is CC1CC(=O)NC(n2nc(-c3cccs3)cc2NC(=O)c2ccc(S(=O)(=O)N(C)C)cc2)N1. The Balaban J connectivity index is 1.63. The summed E-state index contributed by atoms with van der Waals surface area (Å²) in [5, 5.41) is 15.5. The highest BCUT2D eigenvalue weighted by Crippen LogP contribution is 2.28. The highest BCUT2D eigenvalue weighted by molar-refractivity contribution is 7.89. The van der Waals surface area contributed by atoms with Crippen molar-refractivity contribution in [2.75, 3.05) is 19.4 Å². The zero-order chi connectivity index (χ0) is 23.8. The normalized spacial score (nSPS) is 18.8. The van der Waals surface area contributed by atoms with Gasteiger partial charge >= 0.3 is 0 Å². The molecule has 1 aliphatic heterocycles. The maximum absolute atomic E-state index is 13.0. The quantitative estimate of drug-likeness (QED) is 0.488. The molecule has 3 aromatic rings. The summed E-state index contributed by atoms with van der Waals surface area (Å²) in [5.41, 5.74) is 0.939. The number of carbonyl (C=O) groups is 2. The first kappa shape index (κ1) is 23.1. The molecule has 174 valence electrons. The second-order valence-corrected chi connectivity index (χ2v) is 10.9. The Bertz CT molecular complexity index is 1270. The third-order valence-corrected chi connectivity index (χ3v) is 7.84. The van der Waals surface area contributed by atoms with Crippen LogP contribution in [0.1, 0.15) is 30.0 Å². The van der Waals surface area contributed by atoms with Gasteiger partial charge in [0.15, 0.2) is 6.29 Å². The van der Waals surface area contributed by atoms with Gasteiger partial charge in [-0.25, -0.2) is 17.4 Å². The average Bonchev–Trinajstić information content (AvgIpc) is 3.43. The summed E-state index contributed by atoms with van der Waals surface area (Å²) in [7, 11) is -0.700. The predicted octanol–water partition coefficient (Wildman–Crippen LogP) is 2.07. The lowest BCUT2D eigenvalue weighted by molar-refractivity contribution is -0.125. The van der Waals surface area contributed by atoms with Gasteiger partial charge in [0.1, 0.15) is 11.5 Å². The molecule has 10 nitrogen and oxygen atoms in total. The first-order valence-electron chi connectivity index (χ1n) is 10.2. The minimum atomic E-state index is -3.59. The zero-order valence-corrected chi connectivity index (χ0v) is 19.9. The van der Waals surface area contributed by atoms with Crippen molar-refractivity contribution in [1.29, 1.82) is 0 Å². The smallest absolute Gasteiger partial charge is 0.256 e. The molecule has 0 saturated carbocycles. The fourth-order valence-corrected chi connectivity index (χ4v) is 4.98. The third kappa shape index (κ3) is 4.83. The van der Waals surface area contributed by atoms with Crippen LogP contribution in [0.25, 0.3) is 10.6 Å². The second kappa shape index (κ2) is 9.06. The van der Waals surface area contributed by atoms with E-state index in [-0.39, 0.29) is 22.4 Å². The van der Waals surface area contributed by atoms with Crippen LogP contribution >= 0.6 is 11.3 Å². The van der Waals surface area contributed by atoms with Crippen LogP contribution < -0.4 is 16.0 Å². The van der Waals surface area contributed by atoms with Crippen molar-refractivity contribution in [2.45, 2.75) is 30.6 Å². The summed E-state index contributed by atoms with van der Waals surface area (Å²) in [4.78, 5) is 26.0. The van der Waals surface area contributed by atoms with Crippen LogP contribution in [0.2, 0.25) is 0 Å². The number of rotatable bonds is 6. The van der Waals surface area contributed by atoms with E-state index < -0.39 is 22.2 Å². The van der Waals surface area contributed by atoms with Crippen molar-refractivity contribution in [3.63, 3.8) is 0 Å². The monoisotopic (exact) mass is 488 g/mol. The van der Waals surface area contributed by atoms with Gasteiger partial charge in [-0.1, -0.05) is 6.07 Å². The topological polar surface area (TPSA) is 125 Å². The number of hydrogen-bond donors (Lipinski definition) is 3. The van der Waals surface area contributed by atoms with Gasteiger partial charge in [-0.15, -0.1) is 11.3 Å². The number of benzene rings is 1. The third-order valence-electron chi connectivity index (χ3n) is 5.12. The number of amides is 2. The summed E-state index contributed by atoms with van der Waals surface area (Å²) in [6.45, 7) is 1.90. The standard InChI is InChI=1S/C21H24N6O4S2/c1-13-11-19(28)24-21(22-13)27-18(12-16(25-27)17-5-4-10-32-17)23-20(29)14-6-8-15(9-7-14)33(30,31)26(2)3/h4-10,12-13,21-22H,11H2,1-3H3,(H,23,29)(H,24,28). The number of carbonyl (C=O) groups excluding carboxylic acids is 2. The van der Waals surface area contributed by atoms with E-state index in [1.165, 1.54) is 54.4 Å². The molecule has 1 fully saturated rings. The minimum absolute atomic E-state index is 0.0621. The van der Waals surface area contributed by atoms with E-state index in [2.05, 4.69) is 21.0 Å². The molecule has 0 bridgehead atoms. The van der Waals surface area contributed by atoms with Crippen molar-refractivity contribution in [2.24, 2.45) is 0 Å². The van der Waals surface area contributed by atoms with E-state index in [1.54, 1.807) is 6.07 Å². The molecule has 1 saturated heterocycles. The molecular formula is C21H24N6O4S2. The number of aromatic nitrogens is 2. The lowest BCUT2D eigenvalue weighted by Crippen LogP contribution is -2.52. The van der Waals surface area contributed by atoms with Crippen LogP contribution in [0.5, 0.6) is 0 Å². The first-order valence-corrected chi connectivity index (χ1v) is 12.5. The Morgan fingerprint density at radius 2 is 1.97 bits per heavy atom. The number of anilines is 1. The van der Waals surface area contributed by atoms with Crippen LogP contribution in [0.4, 0.5) is 5.82 Å². The van der Waals surface area contributed by atoms with Gasteiger partial charge in [0, 0.05) is 38.2 Å². The van der Waals surface area contributed by atoms with E-state index in [1.807, 2.05) is 24.4 Å². The Kier molecular flexibility index (Phi) is 6.34. The molecule has 3 N–H and O–H groups in total. The maximum Gasteiger partial charge on any atom is 0.256 e. The average molecular weight is 489 g/mol. The summed E-state index contributed by atoms with van der Waals surface area (Å²) in [6.07, 6.45) is -0.280. The fraction of sp³-hybridized carbons (Fsp3) is 0.286. The zero-order valence-electron chi connectivity index (χ0n) is 18.3. The van der Waals surface area contributed by atoms with Crippen LogP contribution in [-0.4, -0.2) is 54.5 Å². The molecule has 2 unspecified atom stereocenters. The van der Waals surface area contributed by atoms with Gasteiger partial charge in [0.2, 0.25) is 15.9 Å². The molecule has 33 heavy (non-hydrogen) atoms. The molecule has 1 aromatic carbocycles. The first-order chi connectivity index (χ1) is 15.6. The molecule has 2 amide bonds. The van der Waals surface area contributed by atoms with Crippen LogP contribution in [0.15, 0.2) is 52.7 Å². The molecule has 2 aromatic heterocycles. The molecule has 3 heterocycles. The second-order valence-electron chi connectivity index (χ2n) is 7.84. The van der Waals surface area contributed by atoms with Gasteiger partial charge in [-0.3, -0.25) is 14.9 Å². The summed E-state index contributed by atoms with van der Waals surface area (Å²) in [6, 6.07) is 11.2. The summed E-state index contributed by atoms with van der Waals surface area (Å²) < 4.78 is 27.2. The minimum Gasteiger partial charge on any atom is -0.322 e. The van der Waals surface area contributed by atoms with Crippen LogP contribution in [-0.2, 0) is 14.8 Å². The van der Waals surface area contributed by atoms with Crippen LogP contribution in [0.3, 0.4) is 0 Å². The highest BCUT2D eigenvalue weighted by atomic mass is 32.2. The fourth-order valence-electron chi connectivity index (χ4n) is 3.40. The lowest BCUT2D eigenvalue weighted by Gasteiger charge is -2.30.